The van der Waals surface area contributed by atoms with Crippen molar-refractivity contribution in [3.05, 3.63) is 46.4 Å². The molecule has 0 unspecified atom stereocenters. The SMILES string of the molecule is COc1ccc2[nH]c(Sc3cc(C(=O)O)cc4[nH]c(=O)[nH]c34)nc2c1. The first-order valence-electron chi connectivity index (χ1n) is 7.24. The van der Waals surface area contributed by atoms with Crippen LogP contribution in [0, 0.1) is 0 Å². The number of nitrogens with zero attached hydrogens (tertiary/aromatic N) is 1. The van der Waals surface area contributed by atoms with E-state index in [1.54, 1.807) is 13.2 Å². The van der Waals surface area contributed by atoms with Gasteiger partial charge in [0.2, 0.25) is 0 Å². The van der Waals surface area contributed by atoms with E-state index in [2.05, 4.69) is 19.9 Å². The van der Waals surface area contributed by atoms with Crippen molar-refractivity contribution in [2.75, 3.05) is 7.11 Å². The number of H-pyrrole nitrogens is 3. The lowest BCUT2D eigenvalue weighted by molar-refractivity contribution is 0.0697. The van der Waals surface area contributed by atoms with E-state index in [4.69, 9.17) is 4.74 Å². The Hall–Kier alpha value is -3.20. The fourth-order valence-corrected chi connectivity index (χ4v) is 3.52. The molecule has 4 N–H and O–H groups in total. The number of carboxylic acids is 1. The lowest BCUT2D eigenvalue weighted by atomic mass is 10.2. The molecule has 0 radical (unpaired) electrons. The van der Waals surface area contributed by atoms with Gasteiger partial charge in [0.15, 0.2) is 5.16 Å². The Labute approximate surface area is 144 Å². The van der Waals surface area contributed by atoms with Crippen LogP contribution in [0.15, 0.2) is 45.2 Å². The van der Waals surface area contributed by atoms with Gasteiger partial charge in [0.05, 0.1) is 34.7 Å². The minimum Gasteiger partial charge on any atom is -0.497 e. The molecule has 0 saturated heterocycles. The number of aromatic amines is 3. The van der Waals surface area contributed by atoms with E-state index < -0.39 is 11.7 Å². The maximum absolute atomic E-state index is 11.6. The van der Waals surface area contributed by atoms with Crippen LogP contribution in [-0.4, -0.2) is 38.1 Å². The first-order chi connectivity index (χ1) is 12.0. The Bertz CT molecular complexity index is 1170. The lowest BCUT2D eigenvalue weighted by Gasteiger charge is -2.02. The maximum Gasteiger partial charge on any atom is 0.335 e. The van der Waals surface area contributed by atoms with Crippen molar-refractivity contribution in [3.63, 3.8) is 0 Å². The highest BCUT2D eigenvalue weighted by Gasteiger charge is 2.14. The maximum atomic E-state index is 11.6. The third-order valence-electron chi connectivity index (χ3n) is 3.71. The van der Waals surface area contributed by atoms with E-state index in [0.717, 1.165) is 11.0 Å². The molecule has 2 heterocycles. The largest absolute Gasteiger partial charge is 0.497 e. The quantitative estimate of drug-likeness (QED) is 0.445. The third kappa shape index (κ3) is 2.74. The predicted molar refractivity (Wildman–Crippen MR) is 92.6 cm³/mol. The molecular weight excluding hydrogens is 344 g/mol. The third-order valence-corrected chi connectivity index (χ3v) is 4.64. The zero-order valence-corrected chi connectivity index (χ0v) is 13.7. The number of carbonyl (C=O) groups is 1. The Morgan fingerprint density at radius 2 is 2.00 bits per heavy atom. The van der Waals surface area contributed by atoms with Crippen LogP contribution in [-0.2, 0) is 0 Å². The number of carboxylic acid groups (broad SMARTS) is 1. The number of fused-ring (bicyclic) bond motifs is 2. The summed E-state index contributed by atoms with van der Waals surface area (Å²) in [6.45, 7) is 0. The zero-order valence-electron chi connectivity index (χ0n) is 12.9. The van der Waals surface area contributed by atoms with Gasteiger partial charge in [-0.05, 0) is 36.0 Å². The molecule has 0 spiro atoms. The Balaban J connectivity index is 1.81. The molecule has 9 heteroatoms. The van der Waals surface area contributed by atoms with Crippen LogP contribution in [0.3, 0.4) is 0 Å². The van der Waals surface area contributed by atoms with Gasteiger partial charge in [-0.1, -0.05) is 0 Å². The molecule has 0 aliphatic carbocycles. The van der Waals surface area contributed by atoms with E-state index in [9.17, 15) is 14.7 Å². The molecule has 0 atom stereocenters. The molecule has 0 aliphatic rings. The summed E-state index contributed by atoms with van der Waals surface area (Å²) in [5.41, 5.74) is 2.23. The Morgan fingerprint density at radius 3 is 2.76 bits per heavy atom. The van der Waals surface area contributed by atoms with Crippen molar-refractivity contribution < 1.29 is 14.6 Å². The van der Waals surface area contributed by atoms with Crippen LogP contribution >= 0.6 is 11.8 Å². The van der Waals surface area contributed by atoms with E-state index in [-0.39, 0.29) is 5.56 Å². The minimum atomic E-state index is -1.07. The molecule has 4 aromatic rings. The van der Waals surface area contributed by atoms with Gasteiger partial charge in [0.25, 0.3) is 0 Å². The Morgan fingerprint density at radius 1 is 1.16 bits per heavy atom. The summed E-state index contributed by atoms with van der Waals surface area (Å²) in [4.78, 5) is 36.4. The normalized spacial score (nSPS) is 11.2. The van der Waals surface area contributed by atoms with Crippen LogP contribution in [0.25, 0.3) is 22.1 Å². The van der Waals surface area contributed by atoms with Crippen LogP contribution in [0.2, 0.25) is 0 Å². The van der Waals surface area contributed by atoms with Gasteiger partial charge < -0.3 is 24.8 Å². The Kier molecular flexibility index (Phi) is 3.50. The molecule has 0 aliphatic heterocycles. The molecule has 0 fully saturated rings. The topological polar surface area (TPSA) is 124 Å². The monoisotopic (exact) mass is 356 g/mol. The first-order valence-corrected chi connectivity index (χ1v) is 8.06. The number of aromatic nitrogens is 4. The number of hydrogen-bond donors (Lipinski definition) is 4. The smallest absolute Gasteiger partial charge is 0.335 e. The average molecular weight is 356 g/mol. The van der Waals surface area contributed by atoms with Gasteiger partial charge in [0.1, 0.15) is 5.75 Å². The van der Waals surface area contributed by atoms with E-state index in [1.807, 2.05) is 12.1 Å². The first kappa shape index (κ1) is 15.3. The van der Waals surface area contributed by atoms with Crippen LogP contribution in [0.5, 0.6) is 5.75 Å². The van der Waals surface area contributed by atoms with Crippen molar-refractivity contribution in [2.24, 2.45) is 0 Å². The van der Waals surface area contributed by atoms with Gasteiger partial charge in [-0.15, -0.1) is 0 Å². The second kappa shape index (κ2) is 5.71. The molecule has 2 aromatic carbocycles. The molecular formula is C16H12N4O4S. The van der Waals surface area contributed by atoms with Crippen LogP contribution in [0.4, 0.5) is 0 Å². The fourth-order valence-electron chi connectivity index (χ4n) is 2.56. The minimum absolute atomic E-state index is 0.0861. The predicted octanol–water partition coefficient (Wildman–Crippen LogP) is 2.59. The second-order valence-corrected chi connectivity index (χ2v) is 6.34. The van der Waals surface area contributed by atoms with Gasteiger partial charge in [-0.25, -0.2) is 14.6 Å². The molecule has 126 valence electrons. The van der Waals surface area contributed by atoms with Crippen molar-refractivity contribution in [1.29, 1.82) is 0 Å². The highest BCUT2D eigenvalue weighted by atomic mass is 32.2. The van der Waals surface area contributed by atoms with Gasteiger partial charge in [-0.3, -0.25) is 0 Å². The summed E-state index contributed by atoms with van der Waals surface area (Å²) >= 11 is 1.24. The number of benzene rings is 2. The van der Waals surface area contributed by atoms with Gasteiger partial charge >= 0.3 is 11.7 Å². The molecule has 2 aromatic heterocycles. The van der Waals surface area contributed by atoms with E-state index in [0.29, 0.717) is 26.8 Å². The van der Waals surface area contributed by atoms with Crippen LogP contribution < -0.4 is 10.4 Å². The average Bonchev–Trinajstić information content (AvgIpc) is 3.15. The number of rotatable bonds is 4. The van der Waals surface area contributed by atoms with E-state index >= 15 is 0 Å². The molecule has 8 nitrogen and oxygen atoms in total. The molecule has 25 heavy (non-hydrogen) atoms. The second-order valence-electron chi connectivity index (χ2n) is 5.31. The molecule has 0 amide bonds. The number of nitrogens with one attached hydrogen (secondary N) is 3. The number of hydrogen-bond acceptors (Lipinski definition) is 5. The molecule has 0 bridgehead atoms. The summed E-state index contributed by atoms with van der Waals surface area (Å²) in [5, 5.41) is 9.84. The van der Waals surface area contributed by atoms with Crippen molar-refractivity contribution >= 4 is 39.8 Å². The number of methoxy groups -OCH3 is 1. The van der Waals surface area contributed by atoms with Crippen molar-refractivity contribution in [3.8, 4) is 5.75 Å². The molecule has 0 saturated carbocycles. The zero-order chi connectivity index (χ0) is 17.6. The summed E-state index contributed by atoms with van der Waals surface area (Å²) in [6, 6.07) is 8.40. The fraction of sp³-hybridized carbons (Fsp3) is 0.0625. The molecule has 4 rings (SSSR count). The lowest BCUT2D eigenvalue weighted by Crippen LogP contribution is -1.99. The summed E-state index contributed by atoms with van der Waals surface area (Å²) in [5.74, 6) is -0.374. The van der Waals surface area contributed by atoms with Crippen molar-refractivity contribution in [1.82, 2.24) is 19.9 Å². The van der Waals surface area contributed by atoms with E-state index in [1.165, 1.54) is 23.9 Å². The van der Waals surface area contributed by atoms with Gasteiger partial charge in [0, 0.05) is 11.0 Å². The van der Waals surface area contributed by atoms with Crippen molar-refractivity contribution in [2.45, 2.75) is 10.1 Å². The standard InChI is InChI=1S/C16H12N4O4S/c1-24-8-2-3-9-10(6-8)19-16(18-9)25-12-5-7(14(21)22)4-11-13(12)20-15(23)17-11/h2-6H,1H3,(H,18,19)(H,21,22)(H2,17,20,23). The van der Waals surface area contributed by atoms with Gasteiger partial charge in [-0.2, -0.15) is 0 Å². The summed E-state index contributed by atoms with van der Waals surface area (Å²) in [7, 11) is 1.58. The highest BCUT2D eigenvalue weighted by Crippen LogP contribution is 2.33. The number of aromatic carboxylic acids is 1. The number of imidazole rings is 2. The number of ether oxygens (including phenoxy) is 1. The summed E-state index contributed by atoms with van der Waals surface area (Å²) in [6.07, 6.45) is 0. The summed E-state index contributed by atoms with van der Waals surface area (Å²) < 4.78 is 5.18. The highest BCUT2D eigenvalue weighted by molar-refractivity contribution is 7.99. The van der Waals surface area contributed by atoms with Crippen LogP contribution in [0.1, 0.15) is 10.4 Å².